The zero-order valence-corrected chi connectivity index (χ0v) is 19.5. The number of rotatable bonds is 8. The Morgan fingerprint density at radius 2 is 1.91 bits per heavy atom. The van der Waals surface area contributed by atoms with Crippen molar-refractivity contribution in [2.75, 3.05) is 6.54 Å². The van der Waals surface area contributed by atoms with Crippen LogP contribution in [-0.2, 0) is 19.4 Å². The molecular formula is C26H28N8. The van der Waals surface area contributed by atoms with E-state index in [1.54, 1.807) is 11.0 Å². The van der Waals surface area contributed by atoms with Crippen molar-refractivity contribution in [1.29, 1.82) is 0 Å². The zero-order chi connectivity index (χ0) is 23.3. The van der Waals surface area contributed by atoms with E-state index in [2.05, 4.69) is 63.8 Å². The molecule has 1 N–H and O–H groups in total. The Balaban J connectivity index is 1.27. The number of aryl methyl sites for hydroxylation is 4. The summed E-state index contributed by atoms with van der Waals surface area (Å²) in [5.74, 6) is 1.63. The summed E-state index contributed by atoms with van der Waals surface area (Å²) in [7, 11) is 0. The molecule has 1 aliphatic heterocycles. The quantitative estimate of drug-likeness (QED) is 0.436. The molecule has 1 aliphatic rings. The minimum Gasteiger partial charge on any atom is -0.387 e. The Morgan fingerprint density at radius 1 is 1.03 bits per heavy atom. The molecule has 0 unspecified atom stereocenters. The maximum atomic E-state index is 4.88. The minimum absolute atomic E-state index is 0.761. The van der Waals surface area contributed by atoms with Crippen LogP contribution in [0.4, 0.5) is 0 Å². The number of aromatic nitrogens is 7. The first-order valence-electron chi connectivity index (χ1n) is 11.7. The molecule has 8 nitrogen and oxygen atoms in total. The molecule has 0 spiro atoms. The van der Waals surface area contributed by atoms with Gasteiger partial charge in [0.25, 0.3) is 0 Å². The average Bonchev–Trinajstić information content (AvgIpc) is 3.52. The van der Waals surface area contributed by atoms with Gasteiger partial charge in [0.05, 0.1) is 17.1 Å². The van der Waals surface area contributed by atoms with Crippen LogP contribution in [0.15, 0.2) is 67.4 Å². The van der Waals surface area contributed by atoms with Crippen LogP contribution in [0.2, 0.25) is 0 Å². The van der Waals surface area contributed by atoms with E-state index >= 15 is 0 Å². The first kappa shape index (κ1) is 21.8. The minimum atomic E-state index is 0.761. The fraction of sp³-hybridized carbons (Fsp3) is 0.269. The monoisotopic (exact) mass is 452 g/mol. The van der Waals surface area contributed by atoms with Gasteiger partial charge >= 0.3 is 0 Å². The fourth-order valence-electron chi connectivity index (χ4n) is 4.04. The molecule has 8 heteroatoms. The van der Waals surface area contributed by atoms with Gasteiger partial charge in [-0.25, -0.2) is 19.6 Å². The van der Waals surface area contributed by atoms with Crippen molar-refractivity contribution in [2.24, 2.45) is 0 Å². The van der Waals surface area contributed by atoms with Gasteiger partial charge in [0.1, 0.15) is 18.0 Å². The van der Waals surface area contributed by atoms with Crippen LogP contribution in [0.1, 0.15) is 36.3 Å². The third-order valence-corrected chi connectivity index (χ3v) is 5.85. The van der Waals surface area contributed by atoms with E-state index in [0.29, 0.717) is 0 Å². The Labute approximate surface area is 199 Å². The molecular weight excluding hydrogens is 424 g/mol. The van der Waals surface area contributed by atoms with E-state index in [1.165, 1.54) is 5.56 Å². The van der Waals surface area contributed by atoms with Crippen LogP contribution in [0.5, 0.6) is 0 Å². The highest BCUT2D eigenvalue weighted by Crippen LogP contribution is 2.27. The van der Waals surface area contributed by atoms with Crippen LogP contribution in [0, 0.1) is 6.92 Å². The van der Waals surface area contributed by atoms with Crippen molar-refractivity contribution in [3.63, 3.8) is 0 Å². The summed E-state index contributed by atoms with van der Waals surface area (Å²) in [5.41, 5.74) is 6.41. The highest BCUT2D eigenvalue weighted by molar-refractivity contribution is 5.79. The Kier molecular flexibility index (Phi) is 6.29. The van der Waals surface area contributed by atoms with Gasteiger partial charge in [0.15, 0.2) is 0 Å². The standard InChI is InChI=1S/C26H28N8/c1-3-33-17-23(26(32-33)21-7-5-14-27-16-21)24-13-15-28-25(30-24)8-4-6-20-9-11-22(12-10-20)34-18-29-19(2)31-34/h5,7,9-15,17-18,27H,3-4,6,8,16H2,1-2H3. The molecule has 3 aromatic heterocycles. The first-order valence-corrected chi connectivity index (χ1v) is 11.7. The third kappa shape index (κ3) is 4.80. The van der Waals surface area contributed by atoms with E-state index in [0.717, 1.165) is 72.2 Å². The number of nitrogens with one attached hydrogen (secondary N) is 1. The molecule has 0 amide bonds. The van der Waals surface area contributed by atoms with E-state index in [1.807, 2.05) is 36.1 Å². The van der Waals surface area contributed by atoms with Crippen LogP contribution in [0.3, 0.4) is 0 Å². The predicted octanol–water partition coefficient (Wildman–Crippen LogP) is 3.92. The molecule has 4 heterocycles. The number of dihydropyridines is 1. The summed E-state index contributed by atoms with van der Waals surface area (Å²) in [6, 6.07) is 10.4. The largest absolute Gasteiger partial charge is 0.387 e. The normalized spacial score (nSPS) is 13.1. The molecule has 0 atom stereocenters. The molecule has 0 saturated carbocycles. The van der Waals surface area contributed by atoms with Crippen molar-refractivity contribution in [3.05, 3.63) is 90.3 Å². The van der Waals surface area contributed by atoms with Crippen molar-refractivity contribution < 1.29 is 0 Å². The van der Waals surface area contributed by atoms with Crippen LogP contribution < -0.4 is 5.32 Å². The topological polar surface area (TPSA) is 86.3 Å². The lowest BCUT2D eigenvalue weighted by Gasteiger charge is -2.10. The van der Waals surface area contributed by atoms with Crippen LogP contribution >= 0.6 is 0 Å². The molecule has 1 aromatic carbocycles. The van der Waals surface area contributed by atoms with Gasteiger partial charge in [-0.2, -0.15) is 10.2 Å². The predicted molar refractivity (Wildman–Crippen MR) is 132 cm³/mol. The molecule has 4 aromatic rings. The van der Waals surface area contributed by atoms with Crippen LogP contribution in [0.25, 0.3) is 22.5 Å². The molecule has 5 rings (SSSR count). The Morgan fingerprint density at radius 3 is 2.65 bits per heavy atom. The van der Waals surface area contributed by atoms with E-state index in [-0.39, 0.29) is 0 Å². The maximum absolute atomic E-state index is 4.88. The number of nitrogens with zero attached hydrogens (tertiary/aromatic N) is 7. The summed E-state index contributed by atoms with van der Waals surface area (Å²) in [5, 5.41) is 12.4. The summed E-state index contributed by atoms with van der Waals surface area (Å²) in [4.78, 5) is 13.6. The molecule has 0 bridgehead atoms. The van der Waals surface area contributed by atoms with Gasteiger partial charge in [-0.3, -0.25) is 4.68 Å². The second-order valence-electron chi connectivity index (χ2n) is 8.29. The lowest BCUT2D eigenvalue weighted by molar-refractivity contribution is 0.656. The molecule has 172 valence electrons. The van der Waals surface area contributed by atoms with E-state index < -0.39 is 0 Å². The van der Waals surface area contributed by atoms with E-state index in [9.17, 15) is 0 Å². The van der Waals surface area contributed by atoms with E-state index in [4.69, 9.17) is 10.1 Å². The number of hydrogen-bond donors (Lipinski definition) is 1. The average molecular weight is 453 g/mol. The molecule has 0 saturated heterocycles. The first-order chi connectivity index (χ1) is 16.7. The summed E-state index contributed by atoms with van der Waals surface area (Å²) < 4.78 is 3.76. The summed E-state index contributed by atoms with van der Waals surface area (Å²) >= 11 is 0. The van der Waals surface area contributed by atoms with Crippen molar-refractivity contribution >= 4 is 5.57 Å². The third-order valence-electron chi connectivity index (χ3n) is 5.85. The van der Waals surface area contributed by atoms with Gasteiger partial charge in [-0.1, -0.05) is 18.2 Å². The number of allylic oxidation sites excluding steroid dienone is 2. The smallest absolute Gasteiger partial charge is 0.147 e. The second-order valence-corrected chi connectivity index (χ2v) is 8.29. The SMILES string of the molecule is CCn1cc(-c2ccnc(CCCc3ccc(-n4cnc(C)n4)cc3)n2)c(C2=CC=CNC2)n1. The van der Waals surface area contributed by atoms with Gasteiger partial charge < -0.3 is 5.32 Å². The van der Waals surface area contributed by atoms with Crippen LogP contribution in [-0.4, -0.2) is 41.1 Å². The van der Waals surface area contributed by atoms with Gasteiger partial charge in [-0.05, 0) is 68.3 Å². The second kappa shape index (κ2) is 9.82. The van der Waals surface area contributed by atoms with Gasteiger partial charge in [-0.15, -0.1) is 0 Å². The Bertz CT molecular complexity index is 1330. The molecule has 0 radical (unpaired) electrons. The lowest BCUT2D eigenvalue weighted by Crippen LogP contribution is -2.13. The van der Waals surface area contributed by atoms with Crippen molar-refractivity contribution in [3.8, 4) is 16.9 Å². The lowest BCUT2D eigenvalue weighted by atomic mass is 10.0. The van der Waals surface area contributed by atoms with Crippen molar-refractivity contribution in [1.82, 2.24) is 39.8 Å². The molecule has 0 aliphatic carbocycles. The molecule has 34 heavy (non-hydrogen) atoms. The maximum Gasteiger partial charge on any atom is 0.147 e. The Hall–Kier alpha value is -4.07. The highest BCUT2D eigenvalue weighted by atomic mass is 15.3. The fourth-order valence-corrected chi connectivity index (χ4v) is 4.04. The highest BCUT2D eigenvalue weighted by Gasteiger charge is 2.17. The zero-order valence-electron chi connectivity index (χ0n) is 19.5. The van der Waals surface area contributed by atoms with Gasteiger partial charge in [0, 0.05) is 37.5 Å². The molecule has 0 fully saturated rings. The summed E-state index contributed by atoms with van der Waals surface area (Å²) in [6.07, 6.45) is 14.5. The number of benzene rings is 1. The van der Waals surface area contributed by atoms with Crippen molar-refractivity contribution in [2.45, 2.75) is 39.7 Å². The summed E-state index contributed by atoms with van der Waals surface area (Å²) in [6.45, 7) is 5.56. The number of hydrogen-bond acceptors (Lipinski definition) is 6. The van der Waals surface area contributed by atoms with Gasteiger partial charge in [0.2, 0.25) is 0 Å².